The number of rotatable bonds is 6. The zero-order valence-corrected chi connectivity index (χ0v) is 12.8. The Morgan fingerprint density at radius 1 is 1.40 bits per heavy atom. The number of halogens is 1. The molecule has 0 radical (unpaired) electrons. The molecule has 0 aliphatic carbocycles. The molecule has 1 aromatic carbocycles. The molecular formula is C14H20ClNO4. The summed E-state index contributed by atoms with van der Waals surface area (Å²) in [7, 11) is 2.80. The number of carbonyl (C=O) groups is 1. The van der Waals surface area contributed by atoms with E-state index in [1.165, 1.54) is 20.3 Å². The van der Waals surface area contributed by atoms with E-state index in [-0.39, 0.29) is 24.2 Å². The lowest BCUT2D eigenvalue weighted by molar-refractivity contribution is -0.144. The average Bonchev–Trinajstić information content (AvgIpc) is 2.41. The maximum absolute atomic E-state index is 11.7. The minimum Gasteiger partial charge on any atom is -0.504 e. The highest BCUT2D eigenvalue weighted by Gasteiger charge is 2.23. The maximum atomic E-state index is 11.7. The standard InChI is InChI=1S/C14H20ClNO4/c1-8(2)12(14(18)20-4)16-7-9-5-10(15)6-11(19-3)13(9)17/h5-6,8,12,16-17H,7H2,1-4H3/t12-/m0/s1. The summed E-state index contributed by atoms with van der Waals surface area (Å²) in [6.07, 6.45) is 0. The Morgan fingerprint density at radius 3 is 2.55 bits per heavy atom. The maximum Gasteiger partial charge on any atom is 0.323 e. The van der Waals surface area contributed by atoms with Gasteiger partial charge in [-0.2, -0.15) is 0 Å². The van der Waals surface area contributed by atoms with Gasteiger partial charge in [0.15, 0.2) is 11.5 Å². The highest BCUT2D eigenvalue weighted by molar-refractivity contribution is 6.30. The molecule has 2 N–H and O–H groups in total. The number of nitrogens with one attached hydrogen (secondary N) is 1. The number of esters is 1. The highest BCUT2D eigenvalue weighted by atomic mass is 35.5. The summed E-state index contributed by atoms with van der Waals surface area (Å²) in [5, 5.41) is 13.5. The number of methoxy groups -OCH3 is 2. The first-order chi connectivity index (χ1) is 9.40. The second kappa shape index (κ2) is 7.36. The minimum absolute atomic E-state index is 0.0109. The molecule has 0 amide bonds. The Hall–Kier alpha value is -1.46. The average molecular weight is 302 g/mol. The van der Waals surface area contributed by atoms with Gasteiger partial charge in [0.2, 0.25) is 0 Å². The summed E-state index contributed by atoms with van der Waals surface area (Å²) in [4.78, 5) is 11.7. The summed E-state index contributed by atoms with van der Waals surface area (Å²) in [5.41, 5.74) is 0.559. The Labute approximate surface area is 123 Å². The molecule has 0 aromatic heterocycles. The third-order valence-electron chi connectivity index (χ3n) is 2.97. The molecule has 0 fully saturated rings. The number of benzene rings is 1. The van der Waals surface area contributed by atoms with Gasteiger partial charge in [-0.15, -0.1) is 0 Å². The van der Waals surface area contributed by atoms with Crippen LogP contribution in [0.25, 0.3) is 0 Å². The first-order valence-electron chi connectivity index (χ1n) is 6.27. The third-order valence-corrected chi connectivity index (χ3v) is 3.19. The van der Waals surface area contributed by atoms with Gasteiger partial charge < -0.3 is 14.6 Å². The van der Waals surface area contributed by atoms with Gasteiger partial charge in [0.1, 0.15) is 6.04 Å². The Kier molecular flexibility index (Phi) is 6.10. The van der Waals surface area contributed by atoms with E-state index in [2.05, 4.69) is 5.32 Å². The predicted molar refractivity (Wildman–Crippen MR) is 77.2 cm³/mol. The van der Waals surface area contributed by atoms with E-state index in [0.29, 0.717) is 16.3 Å². The molecule has 0 saturated carbocycles. The van der Waals surface area contributed by atoms with E-state index in [4.69, 9.17) is 21.1 Å². The summed E-state index contributed by atoms with van der Waals surface area (Å²) in [5.74, 6) is 0.0318. The highest BCUT2D eigenvalue weighted by Crippen LogP contribution is 2.33. The second-order valence-corrected chi connectivity index (χ2v) is 5.18. The van der Waals surface area contributed by atoms with Gasteiger partial charge in [-0.05, 0) is 12.0 Å². The lowest BCUT2D eigenvalue weighted by Gasteiger charge is -2.20. The van der Waals surface area contributed by atoms with E-state index in [1.54, 1.807) is 6.07 Å². The van der Waals surface area contributed by atoms with Crippen LogP contribution in [0.4, 0.5) is 0 Å². The van der Waals surface area contributed by atoms with Crippen LogP contribution < -0.4 is 10.1 Å². The van der Waals surface area contributed by atoms with Crippen molar-refractivity contribution in [1.29, 1.82) is 0 Å². The molecule has 0 spiro atoms. The normalized spacial score (nSPS) is 12.3. The van der Waals surface area contributed by atoms with E-state index in [9.17, 15) is 9.90 Å². The van der Waals surface area contributed by atoms with Crippen LogP contribution in [-0.4, -0.2) is 31.3 Å². The van der Waals surface area contributed by atoms with Crippen LogP contribution in [0.15, 0.2) is 12.1 Å². The SMILES string of the molecule is COC(=O)[C@@H](NCc1cc(Cl)cc(OC)c1O)C(C)C. The van der Waals surface area contributed by atoms with E-state index < -0.39 is 6.04 Å². The van der Waals surface area contributed by atoms with Crippen molar-refractivity contribution < 1.29 is 19.4 Å². The van der Waals surface area contributed by atoms with Crippen molar-refractivity contribution in [3.05, 3.63) is 22.7 Å². The quantitative estimate of drug-likeness (QED) is 0.789. The summed E-state index contributed by atoms with van der Waals surface area (Å²) >= 11 is 5.96. The first kappa shape index (κ1) is 16.6. The molecule has 0 aliphatic heterocycles. The topological polar surface area (TPSA) is 67.8 Å². The monoisotopic (exact) mass is 301 g/mol. The summed E-state index contributed by atoms with van der Waals surface area (Å²) in [6.45, 7) is 4.10. The van der Waals surface area contributed by atoms with E-state index in [0.717, 1.165) is 0 Å². The van der Waals surface area contributed by atoms with Crippen LogP contribution >= 0.6 is 11.6 Å². The molecule has 1 aromatic rings. The van der Waals surface area contributed by atoms with Crippen LogP contribution in [0.2, 0.25) is 5.02 Å². The van der Waals surface area contributed by atoms with Gasteiger partial charge in [-0.1, -0.05) is 25.4 Å². The lowest BCUT2D eigenvalue weighted by atomic mass is 10.0. The summed E-state index contributed by atoms with van der Waals surface area (Å²) < 4.78 is 9.78. The molecular weight excluding hydrogens is 282 g/mol. The molecule has 6 heteroatoms. The smallest absolute Gasteiger partial charge is 0.323 e. The number of phenols is 1. The Bertz CT molecular complexity index is 476. The van der Waals surface area contributed by atoms with Gasteiger partial charge in [0.25, 0.3) is 0 Å². The number of ether oxygens (including phenoxy) is 2. The molecule has 0 heterocycles. The van der Waals surface area contributed by atoms with Crippen LogP contribution in [0.5, 0.6) is 11.5 Å². The van der Waals surface area contributed by atoms with Gasteiger partial charge in [-0.25, -0.2) is 0 Å². The van der Waals surface area contributed by atoms with Crippen LogP contribution in [-0.2, 0) is 16.1 Å². The largest absolute Gasteiger partial charge is 0.504 e. The fraction of sp³-hybridized carbons (Fsp3) is 0.500. The fourth-order valence-electron chi connectivity index (χ4n) is 1.86. The number of hydrogen-bond donors (Lipinski definition) is 2. The van der Waals surface area contributed by atoms with Crippen molar-refractivity contribution in [3.8, 4) is 11.5 Å². The molecule has 5 nitrogen and oxygen atoms in total. The summed E-state index contributed by atoms with van der Waals surface area (Å²) in [6, 6.07) is 2.70. The number of hydrogen-bond acceptors (Lipinski definition) is 5. The first-order valence-corrected chi connectivity index (χ1v) is 6.65. The van der Waals surface area contributed by atoms with Crippen molar-refractivity contribution in [1.82, 2.24) is 5.32 Å². The molecule has 20 heavy (non-hydrogen) atoms. The van der Waals surface area contributed by atoms with Gasteiger partial charge in [0, 0.05) is 23.2 Å². The van der Waals surface area contributed by atoms with E-state index in [1.807, 2.05) is 13.8 Å². The Morgan fingerprint density at radius 2 is 2.05 bits per heavy atom. The van der Waals surface area contributed by atoms with Gasteiger partial charge in [0.05, 0.1) is 14.2 Å². The zero-order valence-electron chi connectivity index (χ0n) is 12.1. The van der Waals surface area contributed by atoms with Crippen molar-refractivity contribution >= 4 is 17.6 Å². The molecule has 1 atom stereocenters. The Balaban J connectivity index is 2.88. The lowest BCUT2D eigenvalue weighted by Crippen LogP contribution is -2.41. The van der Waals surface area contributed by atoms with Crippen LogP contribution in [0.3, 0.4) is 0 Å². The van der Waals surface area contributed by atoms with Gasteiger partial charge >= 0.3 is 5.97 Å². The van der Waals surface area contributed by atoms with Crippen LogP contribution in [0.1, 0.15) is 19.4 Å². The van der Waals surface area contributed by atoms with Crippen molar-refractivity contribution in [2.45, 2.75) is 26.4 Å². The zero-order chi connectivity index (χ0) is 15.3. The van der Waals surface area contributed by atoms with Crippen molar-refractivity contribution in [2.24, 2.45) is 5.92 Å². The van der Waals surface area contributed by atoms with Gasteiger partial charge in [-0.3, -0.25) is 10.1 Å². The number of aromatic hydroxyl groups is 1. The molecule has 0 aliphatic rings. The third kappa shape index (κ3) is 4.02. The molecule has 0 bridgehead atoms. The van der Waals surface area contributed by atoms with E-state index >= 15 is 0 Å². The van der Waals surface area contributed by atoms with Crippen LogP contribution in [0, 0.1) is 5.92 Å². The minimum atomic E-state index is -0.454. The molecule has 0 saturated heterocycles. The molecule has 0 unspecified atom stereocenters. The fourth-order valence-corrected chi connectivity index (χ4v) is 2.09. The predicted octanol–water partition coefficient (Wildman–Crippen LogP) is 2.34. The second-order valence-electron chi connectivity index (χ2n) is 4.74. The number of carbonyl (C=O) groups excluding carboxylic acids is 1. The molecule has 1 rings (SSSR count). The molecule has 112 valence electrons. The van der Waals surface area contributed by atoms with Crippen molar-refractivity contribution in [3.63, 3.8) is 0 Å². The number of phenolic OH excluding ortho intramolecular Hbond substituents is 1. The van der Waals surface area contributed by atoms with Crippen molar-refractivity contribution in [2.75, 3.05) is 14.2 Å².